The van der Waals surface area contributed by atoms with Crippen molar-refractivity contribution in [3.63, 3.8) is 0 Å². The normalized spacial score (nSPS) is 17.0. The van der Waals surface area contributed by atoms with Gasteiger partial charge >= 0.3 is 0 Å². The van der Waals surface area contributed by atoms with E-state index in [1.54, 1.807) is 31.3 Å². The molecule has 0 aliphatic carbocycles. The molecule has 2 heterocycles. The second-order valence-corrected chi connectivity index (χ2v) is 7.86. The zero-order chi connectivity index (χ0) is 17.2. The Labute approximate surface area is 142 Å². The minimum Gasteiger partial charge on any atom is -0.294 e. The van der Waals surface area contributed by atoms with E-state index in [1.165, 1.54) is 10.4 Å². The van der Waals surface area contributed by atoms with E-state index in [2.05, 4.69) is 5.10 Å². The van der Waals surface area contributed by atoms with Gasteiger partial charge in [-0.05, 0) is 31.0 Å². The number of Topliss-reactive ketones (excluding diaryl/α,β-unsaturated/α-hetero) is 1. The lowest BCUT2D eigenvalue weighted by Crippen LogP contribution is -2.39. The van der Waals surface area contributed by atoms with Gasteiger partial charge in [-0.15, -0.1) is 0 Å². The Morgan fingerprint density at radius 2 is 2.00 bits per heavy atom. The van der Waals surface area contributed by atoms with Crippen molar-refractivity contribution in [2.45, 2.75) is 37.1 Å². The van der Waals surface area contributed by atoms with Crippen molar-refractivity contribution in [3.8, 4) is 0 Å². The zero-order valence-electron chi connectivity index (χ0n) is 13.6. The number of piperidine rings is 1. The van der Waals surface area contributed by atoms with E-state index in [4.69, 9.17) is 0 Å². The third kappa shape index (κ3) is 3.27. The second kappa shape index (κ2) is 6.86. The van der Waals surface area contributed by atoms with Crippen molar-refractivity contribution in [2.24, 2.45) is 0 Å². The number of aromatic nitrogens is 2. The number of carbonyl (C=O) groups is 1. The number of hydrogen-bond donors (Lipinski definition) is 0. The molecule has 0 atom stereocenters. The van der Waals surface area contributed by atoms with Crippen molar-refractivity contribution in [1.82, 2.24) is 14.1 Å². The average Bonchev–Trinajstić information content (AvgIpc) is 3.16. The van der Waals surface area contributed by atoms with Crippen LogP contribution < -0.4 is 0 Å². The van der Waals surface area contributed by atoms with Crippen LogP contribution in [0, 0.1) is 0 Å². The summed E-state index contributed by atoms with van der Waals surface area (Å²) in [6.45, 7) is 2.68. The number of rotatable bonds is 5. The van der Waals surface area contributed by atoms with Crippen LogP contribution in [0.2, 0.25) is 0 Å². The largest absolute Gasteiger partial charge is 0.294 e. The molecule has 0 N–H and O–H groups in total. The van der Waals surface area contributed by atoms with Gasteiger partial charge in [0, 0.05) is 37.5 Å². The van der Waals surface area contributed by atoms with Crippen LogP contribution in [0.3, 0.4) is 0 Å². The number of sulfonamides is 1. The number of hydrogen-bond acceptors (Lipinski definition) is 4. The number of nitrogens with zero attached hydrogens (tertiary/aromatic N) is 3. The van der Waals surface area contributed by atoms with Gasteiger partial charge in [0.2, 0.25) is 10.0 Å². The highest BCUT2D eigenvalue weighted by Gasteiger charge is 2.30. The van der Waals surface area contributed by atoms with Gasteiger partial charge in [0.05, 0.1) is 10.9 Å². The molecular weight excluding hydrogens is 326 g/mol. The lowest BCUT2D eigenvalue weighted by molar-refractivity contribution is 0.0988. The van der Waals surface area contributed by atoms with Crippen LogP contribution >= 0.6 is 0 Å². The molecule has 128 valence electrons. The van der Waals surface area contributed by atoms with Gasteiger partial charge in [-0.1, -0.05) is 19.1 Å². The van der Waals surface area contributed by atoms with Crippen LogP contribution in [0.1, 0.15) is 42.6 Å². The maximum Gasteiger partial charge on any atom is 0.243 e. The Hall–Kier alpha value is -1.99. The first-order valence-electron chi connectivity index (χ1n) is 8.15. The minimum atomic E-state index is -3.57. The van der Waals surface area contributed by atoms with Crippen LogP contribution in [0.25, 0.3) is 0 Å². The zero-order valence-corrected chi connectivity index (χ0v) is 14.4. The van der Waals surface area contributed by atoms with Gasteiger partial charge in [0.25, 0.3) is 0 Å². The van der Waals surface area contributed by atoms with E-state index in [1.807, 2.05) is 16.9 Å². The minimum absolute atomic E-state index is 0.0514. The van der Waals surface area contributed by atoms with Crippen molar-refractivity contribution < 1.29 is 13.2 Å². The summed E-state index contributed by atoms with van der Waals surface area (Å²) in [5.74, 6) is -0.0514. The predicted octanol–water partition coefficient (Wildman–Crippen LogP) is 2.50. The molecular formula is C17H21N3O3S. The molecule has 2 aromatic rings. The van der Waals surface area contributed by atoms with Crippen LogP contribution in [-0.2, 0) is 10.0 Å². The Bertz CT molecular complexity index is 807. The summed E-state index contributed by atoms with van der Waals surface area (Å²) in [6, 6.07) is 8.45. The topological polar surface area (TPSA) is 72.3 Å². The summed E-state index contributed by atoms with van der Waals surface area (Å²) in [5, 5.41) is 4.24. The van der Waals surface area contributed by atoms with E-state index >= 15 is 0 Å². The van der Waals surface area contributed by atoms with Gasteiger partial charge in [-0.2, -0.15) is 9.40 Å². The molecule has 1 aromatic carbocycles. The summed E-state index contributed by atoms with van der Waals surface area (Å²) in [5.41, 5.74) is 0.449. The van der Waals surface area contributed by atoms with Crippen molar-refractivity contribution in [3.05, 3.63) is 48.3 Å². The van der Waals surface area contributed by atoms with Crippen LogP contribution in [0.5, 0.6) is 0 Å². The highest BCUT2D eigenvalue weighted by atomic mass is 32.2. The van der Waals surface area contributed by atoms with E-state index in [0.29, 0.717) is 25.1 Å². The van der Waals surface area contributed by atoms with E-state index in [-0.39, 0.29) is 16.7 Å². The molecule has 3 rings (SSSR count). The third-order valence-corrected chi connectivity index (χ3v) is 6.33. The molecule has 1 fully saturated rings. The monoisotopic (exact) mass is 347 g/mol. The van der Waals surface area contributed by atoms with Crippen molar-refractivity contribution in [2.75, 3.05) is 13.1 Å². The molecule has 0 bridgehead atoms. The van der Waals surface area contributed by atoms with Crippen LogP contribution in [-0.4, -0.2) is 41.4 Å². The van der Waals surface area contributed by atoms with Crippen molar-refractivity contribution >= 4 is 15.8 Å². The standard InChI is InChI=1S/C17H21N3O3S/c1-2-17(21)14-5-3-6-16(13-14)24(22,23)19-11-7-15(8-12-19)20-10-4-9-18-20/h3-6,9-10,13,15H,2,7-8,11-12H2,1H3. The summed E-state index contributed by atoms with van der Waals surface area (Å²) in [7, 11) is -3.57. The molecule has 0 spiro atoms. The van der Waals surface area contributed by atoms with Gasteiger partial charge in [-0.25, -0.2) is 8.42 Å². The molecule has 0 amide bonds. The van der Waals surface area contributed by atoms with Gasteiger partial charge < -0.3 is 0 Å². The van der Waals surface area contributed by atoms with Crippen LogP contribution in [0.15, 0.2) is 47.6 Å². The quantitative estimate of drug-likeness (QED) is 0.779. The number of carbonyl (C=O) groups excluding carboxylic acids is 1. The predicted molar refractivity (Wildman–Crippen MR) is 90.3 cm³/mol. The Kier molecular flexibility index (Phi) is 4.82. The first-order chi connectivity index (χ1) is 11.5. The number of benzene rings is 1. The molecule has 0 saturated carbocycles. The smallest absolute Gasteiger partial charge is 0.243 e. The SMILES string of the molecule is CCC(=O)c1cccc(S(=O)(=O)N2CCC(n3cccn3)CC2)c1. The molecule has 7 heteroatoms. The maximum absolute atomic E-state index is 12.8. The highest BCUT2D eigenvalue weighted by Crippen LogP contribution is 2.26. The first-order valence-corrected chi connectivity index (χ1v) is 9.59. The van der Waals surface area contributed by atoms with E-state index in [0.717, 1.165) is 12.8 Å². The van der Waals surface area contributed by atoms with Crippen LogP contribution in [0.4, 0.5) is 0 Å². The van der Waals surface area contributed by atoms with E-state index < -0.39 is 10.0 Å². The fraction of sp³-hybridized carbons (Fsp3) is 0.412. The summed E-state index contributed by atoms with van der Waals surface area (Å²) < 4.78 is 29.1. The Morgan fingerprint density at radius 3 is 2.62 bits per heavy atom. The summed E-state index contributed by atoms with van der Waals surface area (Å²) in [6.07, 6.45) is 5.47. The lowest BCUT2D eigenvalue weighted by atomic mass is 10.1. The highest BCUT2D eigenvalue weighted by molar-refractivity contribution is 7.89. The molecule has 6 nitrogen and oxygen atoms in total. The van der Waals surface area contributed by atoms with Gasteiger partial charge in [0.1, 0.15) is 0 Å². The van der Waals surface area contributed by atoms with Crippen molar-refractivity contribution in [1.29, 1.82) is 0 Å². The first kappa shape index (κ1) is 16.9. The maximum atomic E-state index is 12.8. The summed E-state index contributed by atoms with van der Waals surface area (Å²) in [4.78, 5) is 12.0. The Balaban J connectivity index is 1.76. The molecule has 24 heavy (non-hydrogen) atoms. The molecule has 1 saturated heterocycles. The fourth-order valence-corrected chi connectivity index (χ4v) is 4.54. The average molecular weight is 347 g/mol. The Morgan fingerprint density at radius 1 is 1.25 bits per heavy atom. The molecule has 0 radical (unpaired) electrons. The molecule has 1 aromatic heterocycles. The van der Waals surface area contributed by atoms with Gasteiger partial charge in [0.15, 0.2) is 5.78 Å². The van der Waals surface area contributed by atoms with Gasteiger partial charge in [-0.3, -0.25) is 9.48 Å². The lowest BCUT2D eigenvalue weighted by Gasteiger charge is -2.31. The number of ketones is 1. The molecule has 1 aliphatic rings. The fourth-order valence-electron chi connectivity index (χ4n) is 3.03. The third-order valence-electron chi connectivity index (χ3n) is 4.44. The molecule has 1 aliphatic heterocycles. The summed E-state index contributed by atoms with van der Waals surface area (Å²) >= 11 is 0. The van der Waals surface area contributed by atoms with E-state index in [9.17, 15) is 13.2 Å². The molecule has 0 unspecified atom stereocenters. The second-order valence-electron chi connectivity index (χ2n) is 5.93.